The van der Waals surface area contributed by atoms with Gasteiger partial charge in [-0.05, 0) is 54.5 Å². The monoisotopic (exact) mass is 541 g/mol. The lowest BCUT2D eigenvalue weighted by atomic mass is 10.0. The van der Waals surface area contributed by atoms with E-state index in [1.165, 1.54) is 5.56 Å². The Morgan fingerprint density at radius 1 is 0.800 bits per heavy atom. The van der Waals surface area contributed by atoms with E-state index in [9.17, 15) is 9.59 Å². The average molecular weight is 542 g/mol. The van der Waals surface area contributed by atoms with Gasteiger partial charge in [-0.25, -0.2) is 0 Å². The molecule has 0 atom stereocenters. The van der Waals surface area contributed by atoms with Crippen LogP contribution in [0.5, 0.6) is 5.75 Å². The van der Waals surface area contributed by atoms with Gasteiger partial charge in [-0.2, -0.15) is 0 Å². The van der Waals surface area contributed by atoms with E-state index in [-0.39, 0.29) is 24.3 Å². The molecule has 0 fully saturated rings. The molecule has 2 amide bonds. The van der Waals surface area contributed by atoms with Crippen molar-refractivity contribution in [3.05, 3.63) is 95.6 Å². The van der Waals surface area contributed by atoms with E-state index in [2.05, 4.69) is 49.1 Å². The van der Waals surface area contributed by atoms with Crippen molar-refractivity contribution in [3.8, 4) is 5.75 Å². The van der Waals surface area contributed by atoms with Gasteiger partial charge in [0.2, 0.25) is 5.91 Å². The van der Waals surface area contributed by atoms with Gasteiger partial charge < -0.3 is 14.5 Å². The SMILES string of the molecule is Cc1cccc2c1N(C(=O)COc1ccccc1)CCCN(Cc1ccccc1)CCCN(C(=O)CC(C)C)C2. The molecule has 0 spiro atoms. The van der Waals surface area contributed by atoms with Crippen molar-refractivity contribution in [2.45, 2.75) is 53.1 Å². The summed E-state index contributed by atoms with van der Waals surface area (Å²) in [5, 5.41) is 0. The van der Waals surface area contributed by atoms with Gasteiger partial charge >= 0.3 is 0 Å². The Morgan fingerprint density at radius 2 is 1.48 bits per heavy atom. The van der Waals surface area contributed by atoms with Crippen molar-refractivity contribution in [1.29, 1.82) is 0 Å². The summed E-state index contributed by atoms with van der Waals surface area (Å²) in [5.74, 6) is 1.05. The number of ether oxygens (including phenoxy) is 1. The molecule has 212 valence electrons. The van der Waals surface area contributed by atoms with Crippen molar-refractivity contribution >= 4 is 17.5 Å². The predicted octanol–water partition coefficient (Wildman–Crippen LogP) is 6.08. The Bertz CT molecular complexity index is 1230. The highest BCUT2D eigenvalue weighted by Gasteiger charge is 2.25. The third-order valence-corrected chi connectivity index (χ3v) is 7.30. The Balaban J connectivity index is 1.63. The highest BCUT2D eigenvalue weighted by Crippen LogP contribution is 2.28. The van der Waals surface area contributed by atoms with Crippen molar-refractivity contribution in [2.75, 3.05) is 37.7 Å². The second kappa shape index (κ2) is 14.7. The first-order chi connectivity index (χ1) is 19.4. The summed E-state index contributed by atoms with van der Waals surface area (Å²) in [4.78, 5) is 33.5. The van der Waals surface area contributed by atoms with Crippen LogP contribution in [0.15, 0.2) is 78.9 Å². The number of fused-ring (bicyclic) bond motifs is 1. The lowest BCUT2D eigenvalue weighted by molar-refractivity contribution is -0.132. The first-order valence-corrected chi connectivity index (χ1v) is 14.5. The number of para-hydroxylation sites is 2. The lowest BCUT2D eigenvalue weighted by Gasteiger charge is -2.33. The van der Waals surface area contributed by atoms with Crippen LogP contribution in [-0.2, 0) is 22.7 Å². The van der Waals surface area contributed by atoms with Crippen LogP contribution in [0.4, 0.5) is 5.69 Å². The van der Waals surface area contributed by atoms with Crippen LogP contribution < -0.4 is 9.64 Å². The number of nitrogens with zero attached hydrogens (tertiary/aromatic N) is 3. The maximum Gasteiger partial charge on any atom is 0.264 e. The van der Waals surface area contributed by atoms with Crippen LogP contribution in [-0.4, -0.2) is 54.4 Å². The highest BCUT2D eigenvalue weighted by molar-refractivity contribution is 5.96. The average Bonchev–Trinajstić information content (AvgIpc) is 2.94. The quantitative estimate of drug-likeness (QED) is 0.364. The number of amides is 2. The van der Waals surface area contributed by atoms with Crippen LogP contribution in [0.25, 0.3) is 0 Å². The summed E-state index contributed by atoms with van der Waals surface area (Å²) in [6.45, 7) is 10.5. The Morgan fingerprint density at radius 3 is 2.17 bits per heavy atom. The fourth-order valence-electron chi connectivity index (χ4n) is 5.36. The maximum atomic E-state index is 13.7. The minimum atomic E-state index is -0.0777. The molecule has 0 aromatic heterocycles. The third kappa shape index (κ3) is 8.43. The number of carbonyl (C=O) groups excluding carboxylic acids is 2. The fraction of sp³-hybridized carbons (Fsp3) is 0.412. The zero-order chi connectivity index (χ0) is 28.3. The third-order valence-electron chi connectivity index (χ3n) is 7.30. The van der Waals surface area contributed by atoms with Crippen molar-refractivity contribution in [1.82, 2.24) is 9.80 Å². The molecule has 0 saturated heterocycles. The second-order valence-electron chi connectivity index (χ2n) is 11.1. The number of carbonyl (C=O) groups is 2. The Hall–Kier alpha value is -3.64. The first-order valence-electron chi connectivity index (χ1n) is 14.5. The molecule has 6 heteroatoms. The van der Waals surface area contributed by atoms with Gasteiger partial charge in [-0.3, -0.25) is 14.5 Å². The zero-order valence-electron chi connectivity index (χ0n) is 24.2. The summed E-state index contributed by atoms with van der Waals surface area (Å²) < 4.78 is 5.89. The van der Waals surface area contributed by atoms with Gasteiger partial charge in [0.05, 0.1) is 5.69 Å². The molecule has 3 aromatic rings. The molecule has 6 nitrogen and oxygen atoms in total. The molecule has 0 N–H and O–H groups in total. The van der Waals surface area contributed by atoms with Gasteiger partial charge in [-0.15, -0.1) is 0 Å². The molecule has 4 rings (SSSR count). The zero-order valence-corrected chi connectivity index (χ0v) is 24.2. The second-order valence-corrected chi connectivity index (χ2v) is 11.1. The van der Waals surface area contributed by atoms with Gasteiger partial charge in [-0.1, -0.05) is 80.6 Å². The standard InChI is InChI=1S/C34H43N3O3/c1-27(2)23-32(38)36-21-11-19-35(24-29-14-6-4-7-15-29)20-12-22-37(34-28(3)13-10-16-30(34)25-36)33(39)26-40-31-17-8-5-9-18-31/h4-10,13-18,27H,11-12,19-26H2,1-3H3. The molecule has 0 unspecified atom stereocenters. The number of hydrogen-bond donors (Lipinski definition) is 0. The van der Waals surface area contributed by atoms with Gasteiger partial charge in [0.15, 0.2) is 6.61 Å². The summed E-state index contributed by atoms with van der Waals surface area (Å²) in [5.41, 5.74) is 4.21. The molecule has 0 radical (unpaired) electrons. The van der Waals surface area contributed by atoms with E-state index in [0.717, 1.165) is 49.3 Å². The molecule has 40 heavy (non-hydrogen) atoms. The number of anilines is 1. The number of benzene rings is 3. The van der Waals surface area contributed by atoms with Crippen LogP contribution in [0.3, 0.4) is 0 Å². The van der Waals surface area contributed by atoms with E-state index >= 15 is 0 Å². The number of rotatable bonds is 7. The molecule has 0 bridgehead atoms. The van der Waals surface area contributed by atoms with Gasteiger partial charge in [0, 0.05) is 45.7 Å². The molecule has 0 aliphatic carbocycles. The Labute approximate surface area is 239 Å². The van der Waals surface area contributed by atoms with Crippen molar-refractivity contribution < 1.29 is 14.3 Å². The van der Waals surface area contributed by atoms with E-state index in [4.69, 9.17) is 4.74 Å². The molecule has 1 aliphatic rings. The number of hydrogen-bond acceptors (Lipinski definition) is 4. The van der Waals surface area contributed by atoms with Crippen molar-refractivity contribution in [3.63, 3.8) is 0 Å². The van der Waals surface area contributed by atoms with Crippen LogP contribution >= 0.6 is 0 Å². The molecular formula is C34H43N3O3. The molecular weight excluding hydrogens is 498 g/mol. The fourth-order valence-corrected chi connectivity index (χ4v) is 5.36. The summed E-state index contributed by atoms with van der Waals surface area (Å²) in [6, 6.07) is 26.1. The first kappa shape index (κ1) is 29.3. The highest BCUT2D eigenvalue weighted by atomic mass is 16.5. The Kier molecular flexibility index (Phi) is 10.8. The molecule has 3 aromatic carbocycles. The summed E-state index contributed by atoms with van der Waals surface area (Å²) in [7, 11) is 0. The maximum absolute atomic E-state index is 13.7. The lowest BCUT2D eigenvalue weighted by Crippen LogP contribution is -2.41. The van der Waals surface area contributed by atoms with Gasteiger partial charge in [0.25, 0.3) is 5.91 Å². The minimum absolute atomic E-state index is 0.0402. The molecule has 1 heterocycles. The van der Waals surface area contributed by atoms with Crippen LogP contribution in [0.2, 0.25) is 0 Å². The smallest absolute Gasteiger partial charge is 0.264 e. The van der Waals surface area contributed by atoms with Crippen LogP contribution in [0, 0.1) is 12.8 Å². The van der Waals surface area contributed by atoms with Crippen LogP contribution in [0.1, 0.15) is 49.8 Å². The van der Waals surface area contributed by atoms with Gasteiger partial charge in [0.1, 0.15) is 5.75 Å². The molecule has 0 saturated carbocycles. The summed E-state index contributed by atoms with van der Waals surface area (Å²) in [6.07, 6.45) is 2.27. The molecule has 1 aliphatic heterocycles. The topological polar surface area (TPSA) is 53.1 Å². The van der Waals surface area contributed by atoms with Crippen molar-refractivity contribution in [2.24, 2.45) is 5.92 Å². The minimum Gasteiger partial charge on any atom is -0.484 e. The number of aryl methyl sites for hydroxylation is 1. The van der Waals surface area contributed by atoms with E-state index in [1.807, 2.05) is 65.3 Å². The largest absolute Gasteiger partial charge is 0.484 e. The van der Waals surface area contributed by atoms with E-state index in [1.54, 1.807) is 0 Å². The normalized spacial score (nSPS) is 15.2. The van der Waals surface area contributed by atoms with E-state index < -0.39 is 0 Å². The summed E-state index contributed by atoms with van der Waals surface area (Å²) >= 11 is 0. The predicted molar refractivity (Wildman–Crippen MR) is 161 cm³/mol. The van der Waals surface area contributed by atoms with E-state index in [0.29, 0.717) is 31.8 Å².